The number of fused-ring (bicyclic) bond motifs is 1. The Morgan fingerprint density at radius 2 is 1.80 bits per heavy atom. The number of morpholine rings is 1. The molecule has 30 heavy (non-hydrogen) atoms. The number of hydrogen-bond acceptors (Lipinski definition) is 7. The molecule has 0 aliphatic carbocycles. The maximum atomic E-state index is 5.53. The van der Waals surface area contributed by atoms with Gasteiger partial charge in [0.2, 0.25) is 5.95 Å². The van der Waals surface area contributed by atoms with Crippen LogP contribution < -0.4 is 4.90 Å². The zero-order valence-electron chi connectivity index (χ0n) is 16.8. The normalized spacial score (nSPS) is 15.6. The maximum absolute atomic E-state index is 5.53. The van der Waals surface area contributed by atoms with E-state index in [9.17, 15) is 0 Å². The van der Waals surface area contributed by atoms with Gasteiger partial charge in [-0.25, -0.2) is 4.98 Å². The van der Waals surface area contributed by atoms with Gasteiger partial charge in [0, 0.05) is 13.1 Å². The number of hydrogen-bond donors (Lipinski definition) is 0. The van der Waals surface area contributed by atoms with E-state index in [2.05, 4.69) is 69.1 Å². The van der Waals surface area contributed by atoms with Gasteiger partial charge in [-0.2, -0.15) is 0 Å². The summed E-state index contributed by atoms with van der Waals surface area (Å²) < 4.78 is 8.98. The minimum Gasteiger partial charge on any atom is -0.378 e. The molecule has 1 fully saturated rings. The minimum atomic E-state index is 0.193. The second-order valence-corrected chi connectivity index (χ2v) is 9.60. The van der Waals surface area contributed by atoms with Crippen molar-refractivity contribution in [1.29, 1.82) is 0 Å². The Morgan fingerprint density at radius 3 is 2.60 bits per heavy atom. The summed E-state index contributed by atoms with van der Waals surface area (Å²) in [6, 6.07) is 18.8. The highest BCUT2D eigenvalue weighted by atomic mass is 32.2. The second-order valence-electron chi connectivity index (χ2n) is 7.23. The third-order valence-electron chi connectivity index (χ3n) is 5.12. The number of para-hydroxylation sites is 1. The molecule has 0 spiro atoms. The first-order chi connectivity index (χ1) is 14.8. The highest BCUT2D eigenvalue weighted by Gasteiger charge is 2.23. The van der Waals surface area contributed by atoms with Crippen LogP contribution in [0.5, 0.6) is 0 Å². The van der Waals surface area contributed by atoms with E-state index >= 15 is 0 Å². The van der Waals surface area contributed by atoms with Gasteiger partial charge in [0.1, 0.15) is 5.01 Å². The summed E-state index contributed by atoms with van der Waals surface area (Å²) in [6.07, 6.45) is 0. The molecule has 6 nitrogen and oxygen atoms in total. The van der Waals surface area contributed by atoms with Crippen molar-refractivity contribution in [2.24, 2.45) is 0 Å². The number of anilines is 1. The van der Waals surface area contributed by atoms with E-state index in [1.54, 1.807) is 23.1 Å². The molecule has 2 aromatic heterocycles. The molecular weight excluding hydrogens is 414 g/mol. The van der Waals surface area contributed by atoms with Crippen LogP contribution in [0.4, 0.5) is 5.95 Å². The van der Waals surface area contributed by atoms with Gasteiger partial charge in [0.25, 0.3) is 0 Å². The zero-order chi connectivity index (χ0) is 20.3. The lowest BCUT2D eigenvalue weighted by atomic mass is 10.2. The molecule has 8 heteroatoms. The molecule has 154 valence electrons. The number of ether oxygens (including phenoxy) is 1. The first-order valence-corrected chi connectivity index (χ1v) is 11.8. The Hall–Kier alpha value is -2.42. The number of thioether (sulfide) groups is 1. The van der Waals surface area contributed by atoms with Gasteiger partial charge in [-0.1, -0.05) is 54.2 Å². The predicted octanol–water partition coefficient (Wildman–Crippen LogP) is 4.63. The largest absolute Gasteiger partial charge is 0.378 e. The molecule has 1 aliphatic heterocycles. The summed E-state index contributed by atoms with van der Waals surface area (Å²) >= 11 is 3.47. The van der Waals surface area contributed by atoms with Crippen molar-refractivity contribution in [2.45, 2.75) is 23.9 Å². The maximum Gasteiger partial charge on any atom is 0.228 e. The SMILES string of the molecule is C[C@@H](Sc1nnc(N2CCOCC2)n1Cc1ccccc1)c1nc2ccccc2s1. The van der Waals surface area contributed by atoms with Crippen LogP contribution in [-0.2, 0) is 11.3 Å². The van der Waals surface area contributed by atoms with E-state index in [1.807, 2.05) is 12.1 Å². The van der Waals surface area contributed by atoms with E-state index in [4.69, 9.17) is 9.72 Å². The quantitative estimate of drug-likeness (QED) is 0.410. The van der Waals surface area contributed by atoms with Crippen LogP contribution >= 0.6 is 23.1 Å². The molecule has 0 bridgehead atoms. The zero-order valence-corrected chi connectivity index (χ0v) is 18.4. The van der Waals surface area contributed by atoms with Crippen molar-refractivity contribution in [1.82, 2.24) is 19.7 Å². The monoisotopic (exact) mass is 437 g/mol. The van der Waals surface area contributed by atoms with Crippen LogP contribution in [0, 0.1) is 0 Å². The average molecular weight is 438 g/mol. The fourth-order valence-corrected chi connectivity index (χ4v) is 5.56. The van der Waals surface area contributed by atoms with Gasteiger partial charge in [0.05, 0.1) is 35.2 Å². The van der Waals surface area contributed by atoms with Gasteiger partial charge < -0.3 is 9.64 Å². The lowest BCUT2D eigenvalue weighted by Gasteiger charge is -2.28. The Balaban J connectivity index is 1.45. The van der Waals surface area contributed by atoms with Crippen molar-refractivity contribution < 1.29 is 4.74 Å². The smallest absolute Gasteiger partial charge is 0.228 e. The Bertz CT molecular complexity index is 1090. The number of benzene rings is 2. The Kier molecular flexibility index (Phi) is 5.70. The number of aromatic nitrogens is 4. The molecule has 1 atom stereocenters. The average Bonchev–Trinajstić information content (AvgIpc) is 3.40. The van der Waals surface area contributed by atoms with Crippen molar-refractivity contribution in [3.05, 3.63) is 65.2 Å². The van der Waals surface area contributed by atoms with Gasteiger partial charge >= 0.3 is 0 Å². The molecule has 0 saturated carbocycles. The topological polar surface area (TPSA) is 56.1 Å². The first-order valence-electron chi connectivity index (χ1n) is 10.1. The van der Waals surface area contributed by atoms with Crippen LogP contribution in [0.15, 0.2) is 59.8 Å². The van der Waals surface area contributed by atoms with E-state index in [0.717, 1.165) is 54.5 Å². The van der Waals surface area contributed by atoms with Gasteiger partial charge in [-0.3, -0.25) is 4.57 Å². The van der Waals surface area contributed by atoms with Crippen LogP contribution in [0.3, 0.4) is 0 Å². The summed E-state index contributed by atoms with van der Waals surface area (Å²) in [5, 5.41) is 11.4. The van der Waals surface area contributed by atoms with Gasteiger partial charge in [-0.05, 0) is 24.6 Å². The second kappa shape index (κ2) is 8.75. The standard InChI is InChI=1S/C22H23N5OS2/c1-16(20-23-18-9-5-6-10-19(18)30-20)29-22-25-24-21(26-11-13-28-14-12-26)27(22)15-17-7-3-2-4-8-17/h2-10,16H,11-15H2,1H3/t16-/m1/s1. The lowest BCUT2D eigenvalue weighted by Crippen LogP contribution is -2.38. The summed E-state index contributed by atoms with van der Waals surface area (Å²) in [5.41, 5.74) is 2.30. The molecule has 2 aromatic carbocycles. The lowest BCUT2D eigenvalue weighted by molar-refractivity contribution is 0.121. The van der Waals surface area contributed by atoms with Crippen molar-refractivity contribution in [2.75, 3.05) is 31.2 Å². The van der Waals surface area contributed by atoms with E-state index < -0.39 is 0 Å². The number of nitrogens with zero attached hydrogens (tertiary/aromatic N) is 5. The molecule has 0 N–H and O–H groups in total. The van der Waals surface area contributed by atoms with E-state index in [1.165, 1.54) is 10.3 Å². The first kappa shape index (κ1) is 19.5. The molecule has 3 heterocycles. The highest BCUT2D eigenvalue weighted by Crippen LogP contribution is 2.38. The Labute approximate surface area is 183 Å². The molecule has 0 amide bonds. The summed E-state index contributed by atoms with van der Waals surface area (Å²) in [5.74, 6) is 0.918. The number of rotatable bonds is 6. The van der Waals surface area contributed by atoms with Crippen LogP contribution in [0.2, 0.25) is 0 Å². The molecule has 0 radical (unpaired) electrons. The molecular formula is C22H23N5OS2. The molecule has 0 unspecified atom stereocenters. The van der Waals surface area contributed by atoms with E-state index in [0.29, 0.717) is 0 Å². The third kappa shape index (κ3) is 4.08. The van der Waals surface area contributed by atoms with Crippen LogP contribution in [0.25, 0.3) is 10.2 Å². The molecule has 1 saturated heterocycles. The van der Waals surface area contributed by atoms with Crippen LogP contribution in [0.1, 0.15) is 22.7 Å². The fraction of sp³-hybridized carbons (Fsp3) is 0.318. The predicted molar refractivity (Wildman–Crippen MR) is 122 cm³/mol. The highest BCUT2D eigenvalue weighted by molar-refractivity contribution is 7.99. The van der Waals surface area contributed by atoms with E-state index in [-0.39, 0.29) is 5.25 Å². The van der Waals surface area contributed by atoms with Crippen molar-refractivity contribution in [3.8, 4) is 0 Å². The van der Waals surface area contributed by atoms with Crippen molar-refractivity contribution in [3.63, 3.8) is 0 Å². The van der Waals surface area contributed by atoms with Crippen molar-refractivity contribution >= 4 is 39.3 Å². The summed E-state index contributed by atoms with van der Waals surface area (Å²) in [4.78, 5) is 7.10. The summed E-state index contributed by atoms with van der Waals surface area (Å²) in [6.45, 7) is 6.06. The number of thiazole rings is 1. The third-order valence-corrected chi connectivity index (χ3v) is 7.57. The van der Waals surface area contributed by atoms with Gasteiger partial charge in [-0.15, -0.1) is 21.5 Å². The Morgan fingerprint density at radius 1 is 1.03 bits per heavy atom. The summed E-state index contributed by atoms with van der Waals surface area (Å²) in [7, 11) is 0. The minimum absolute atomic E-state index is 0.193. The molecule has 1 aliphatic rings. The van der Waals surface area contributed by atoms with Gasteiger partial charge in [0.15, 0.2) is 5.16 Å². The van der Waals surface area contributed by atoms with Crippen LogP contribution in [-0.4, -0.2) is 46.1 Å². The molecule has 4 aromatic rings. The molecule has 5 rings (SSSR count). The fourth-order valence-electron chi connectivity index (χ4n) is 3.54.